The molecule has 1 saturated heterocycles. The van der Waals surface area contributed by atoms with E-state index in [1.165, 1.54) is 0 Å². The molecule has 6 heteroatoms. The fraction of sp³-hybridized carbons (Fsp3) is 0.368. The highest BCUT2D eigenvalue weighted by Gasteiger charge is 2.39. The summed E-state index contributed by atoms with van der Waals surface area (Å²) in [5.74, 6) is 0.807. The van der Waals surface area contributed by atoms with Crippen LogP contribution in [0, 0.1) is 5.92 Å². The normalized spacial score (nSPS) is 21.4. The van der Waals surface area contributed by atoms with Crippen LogP contribution in [-0.4, -0.2) is 39.0 Å². The number of nitrogens with two attached hydrogens (primary N) is 1. The summed E-state index contributed by atoms with van der Waals surface area (Å²) in [7, 11) is -3.57. The molecule has 1 aliphatic rings. The highest BCUT2D eigenvalue weighted by molar-refractivity contribution is 7.89. The molecule has 0 unspecified atom stereocenters. The van der Waals surface area contributed by atoms with E-state index in [9.17, 15) is 8.42 Å². The lowest BCUT2D eigenvalue weighted by molar-refractivity contribution is 0.339. The molecule has 5 nitrogen and oxygen atoms in total. The number of nitrogens with zero attached hydrogens (tertiary/aromatic N) is 1. The van der Waals surface area contributed by atoms with Crippen LogP contribution >= 0.6 is 0 Å². The molecule has 2 atom stereocenters. The smallest absolute Gasteiger partial charge is 0.243 e. The van der Waals surface area contributed by atoms with E-state index in [-0.39, 0.29) is 16.7 Å². The first-order valence-electron chi connectivity index (χ1n) is 8.54. The third-order valence-electron chi connectivity index (χ3n) is 4.69. The molecule has 134 valence electrons. The van der Waals surface area contributed by atoms with Crippen LogP contribution in [0.1, 0.15) is 18.4 Å². The van der Waals surface area contributed by atoms with E-state index in [2.05, 4.69) is 0 Å². The SMILES string of the molecule is CCOc1cccc(S(=O)(=O)N2C[C@@H](CN)[C@H](c3ccccc3)C2)c1. The van der Waals surface area contributed by atoms with Crippen LogP contribution in [0.5, 0.6) is 5.75 Å². The molecule has 2 aromatic rings. The Morgan fingerprint density at radius 1 is 1.12 bits per heavy atom. The van der Waals surface area contributed by atoms with E-state index in [0.717, 1.165) is 5.56 Å². The minimum Gasteiger partial charge on any atom is -0.494 e. The highest BCUT2D eigenvalue weighted by atomic mass is 32.2. The van der Waals surface area contributed by atoms with Gasteiger partial charge in [0.25, 0.3) is 0 Å². The van der Waals surface area contributed by atoms with Crippen molar-refractivity contribution in [3.05, 3.63) is 60.2 Å². The summed E-state index contributed by atoms with van der Waals surface area (Å²) >= 11 is 0. The Labute approximate surface area is 149 Å². The fourth-order valence-corrected chi connectivity index (χ4v) is 4.94. The molecule has 25 heavy (non-hydrogen) atoms. The Balaban J connectivity index is 1.87. The second-order valence-electron chi connectivity index (χ2n) is 6.24. The molecule has 0 spiro atoms. The van der Waals surface area contributed by atoms with Crippen LogP contribution in [0.2, 0.25) is 0 Å². The Hall–Kier alpha value is -1.89. The van der Waals surface area contributed by atoms with Gasteiger partial charge in [0.2, 0.25) is 10.0 Å². The average Bonchev–Trinajstić information content (AvgIpc) is 3.08. The zero-order chi connectivity index (χ0) is 17.9. The Bertz CT molecular complexity index is 808. The van der Waals surface area contributed by atoms with Gasteiger partial charge in [0.1, 0.15) is 5.75 Å². The van der Waals surface area contributed by atoms with Crippen LogP contribution in [0.25, 0.3) is 0 Å². The molecule has 0 amide bonds. The number of benzene rings is 2. The van der Waals surface area contributed by atoms with Gasteiger partial charge in [-0.25, -0.2) is 8.42 Å². The van der Waals surface area contributed by atoms with Crippen molar-refractivity contribution >= 4 is 10.0 Å². The van der Waals surface area contributed by atoms with Gasteiger partial charge in [-0.3, -0.25) is 0 Å². The second-order valence-corrected chi connectivity index (χ2v) is 8.18. The zero-order valence-electron chi connectivity index (χ0n) is 14.3. The maximum absolute atomic E-state index is 13.1. The van der Waals surface area contributed by atoms with E-state index in [0.29, 0.717) is 32.0 Å². The summed E-state index contributed by atoms with van der Waals surface area (Å²) in [4.78, 5) is 0.267. The maximum atomic E-state index is 13.1. The second kappa shape index (κ2) is 7.56. The van der Waals surface area contributed by atoms with Gasteiger partial charge in [0.05, 0.1) is 11.5 Å². The van der Waals surface area contributed by atoms with Gasteiger partial charge in [0, 0.05) is 25.1 Å². The summed E-state index contributed by atoms with van der Waals surface area (Å²) in [6, 6.07) is 16.7. The van der Waals surface area contributed by atoms with Gasteiger partial charge in [0.15, 0.2) is 0 Å². The largest absolute Gasteiger partial charge is 0.494 e. The quantitative estimate of drug-likeness (QED) is 0.859. The lowest BCUT2D eigenvalue weighted by Crippen LogP contribution is -2.30. The third kappa shape index (κ3) is 3.71. The number of rotatable bonds is 6. The Morgan fingerprint density at radius 2 is 1.88 bits per heavy atom. The lowest BCUT2D eigenvalue weighted by atomic mass is 9.89. The van der Waals surface area contributed by atoms with Gasteiger partial charge in [-0.15, -0.1) is 0 Å². The number of hydrogen-bond donors (Lipinski definition) is 1. The molecular formula is C19H24N2O3S. The first-order valence-corrected chi connectivity index (χ1v) is 9.98. The van der Waals surface area contributed by atoms with Gasteiger partial charge < -0.3 is 10.5 Å². The summed E-state index contributed by atoms with van der Waals surface area (Å²) in [5, 5.41) is 0. The van der Waals surface area contributed by atoms with Gasteiger partial charge in [-0.05, 0) is 37.1 Å². The predicted octanol–water partition coefficient (Wildman–Crippen LogP) is 2.45. The third-order valence-corrected chi connectivity index (χ3v) is 6.52. The molecule has 0 aromatic heterocycles. The van der Waals surface area contributed by atoms with Crippen LogP contribution in [0.15, 0.2) is 59.5 Å². The van der Waals surface area contributed by atoms with Crippen molar-refractivity contribution in [2.75, 3.05) is 26.2 Å². The molecule has 0 bridgehead atoms. The van der Waals surface area contributed by atoms with Crippen LogP contribution < -0.4 is 10.5 Å². The van der Waals surface area contributed by atoms with E-state index in [4.69, 9.17) is 10.5 Å². The van der Waals surface area contributed by atoms with Crippen molar-refractivity contribution in [2.45, 2.75) is 17.7 Å². The summed E-state index contributed by atoms with van der Waals surface area (Å²) in [6.45, 7) is 3.73. The van der Waals surface area contributed by atoms with Crippen LogP contribution in [0.4, 0.5) is 0 Å². The molecule has 0 saturated carbocycles. The van der Waals surface area contributed by atoms with E-state index in [1.54, 1.807) is 28.6 Å². The van der Waals surface area contributed by atoms with Crippen LogP contribution in [-0.2, 0) is 10.0 Å². The molecule has 2 aromatic carbocycles. The average molecular weight is 360 g/mol. The van der Waals surface area contributed by atoms with Crippen molar-refractivity contribution in [3.63, 3.8) is 0 Å². The first kappa shape index (κ1) is 17.9. The molecular weight excluding hydrogens is 336 g/mol. The van der Waals surface area contributed by atoms with Crippen molar-refractivity contribution < 1.29 is 13.2 Å². The van der Waals surface area contributed by atoms with Crippen molar-refractivity contribution in [3.8, 4) is 5.75 Å². The van der Waals surface area contributed by atoms with E-state index >= 15 is 0 Å². The minimum atomic E-state index is -3.57. The fourth-order valence-electron chi connectivity index (χ4n) is 3.38. The van der Waals surface area contributed by atoms with Gasteiger partial charge in [-0.1, -0.05) is 36.4 Å². The Morgan fingerprint density at radius 3 is 2.56 bits per heavy atom. The number of hydrogen-bond acceptors (Lipinski definition) is 4. The van der Waals surface area contributed by atoms with E-state index in [1.807, 2.05) is 37.3 Å². The number of ether oxygens (including phenoxy) is 1. The van der Waals surface area contributed by atoms with E-state index < -0.39 is 10.0 Å². The molecule has 1 aliphatic heterocycles. The van der Waals surface area contributed by atoms with Crippen molar-refractivity contribution in [1.82, 2.24) is 4.31 Å². The maximum Gasteiger partial charge on any atom is 0.243 e. The summed E-state index contributed by atoms with van der Waals surface area (Å²) in [6.07, 6.45) is 0. The summed E-state index contributed by atoms with van der Waals surface area (Å²) in [5.41, 5.74) is 7.07. The molecule has 1 heterocycles. The highest BCUT2D eigenvalue weighted by Crippen LogP contribution is 2.35. The Kier molecular flexibility index (Phi) is 5.42. The standard InChI is InChI=1S/C19H24N2O3S/c1-2-24-17-9-6-10-18(11-17)25(22,23)21-13-16(12-20)19(14-21)15-7-4-3-5-8-15/h3-11,16,19H,2,12-14,20H2,1H3/t16-,19+/m1/s1. The monoisotopic (exact) mass is 360 g/mol. The molecule has 2 N–H and O–H groups in total. The predicted molar refractivity (Wildman–Crippen MR) is 98.1 cm³/mol. The molecule has 0 radical (unpaired) electrons. The van der Waals surface area contributed by atoms with Crippen molar-refractivity contribution in [1.29, 1.82) is 0 Å². The molecule has 0 aliphatic carbocycles. The lowest BCUT2D eigenvalue weighted by Gasteiger charge is -2.17. The first-order chi connectivity index (χ1) is 12.1. The summed E-state index contributed by atoms with van der Waals surface area (Å²) < 4.78 is 33.1. The zero-order valence-corrected chi connectivity index (χ0v) is 15.2. The number of sulfonamides is 1. The molecule has 1 fully saturated rings. The minimum absolute atomic E-state index is 0.118. The van der Waals surface area contributed by atoms with Crippen molar-refractivity contribution in [2.24, 2.45) is 11.7 Å². The molecule has 3 rings (SSSR count). The topological polar surface area (TPSA) is 72.6 Å². The van der Waals surface area contributed by atoms with Crippen LogP contribution in [0.3, 0.4) is 0 Å². The van der Waals surface area contributed by atoms with Gasteiger partial charge in [-0.2, -0.15) is 4.31 Å². The van der Waals surface area contributed by atoms with Gasteiger partial charge >= 0.3 is 0 Å².